The van der Waals surface area contributed by atoms with Crippen molar-refractivity contribution < 1.29 is 4.39 Å². The average Bonchev–Trinajstić information content (AvgIpc) is 3.07. The molecule has 2 heterocycles. The Balaban J connectivity index is 1.64. The number of nitrogens with one attached hydrogen (secondary N) is 1. The number of aromatic nitrogens is 2. The van der Waals surface area contributed by atoms with Gasteiger partial charge >= 0.3 is 5.69 Å². The second kappa shape index (κ2) is 6.75. The van der Waals surface area contributed by atoms with E-state index in [2.05, 4.69) is 9.88 Å². The number of hydrogen-bond acceptors (Lipinski definition) is 3. The van der Waals surface area contributed by atoms with Gasteiger partial charge in [-0.2, -0.15) is 0 Å². The fourth-order valence-electron chi connectivity index (χ4n) is 4.55. The third kappa shape index (κ3) is 3.15. The summed E-state index contributed by atoms with van der Waals surface area (Å²) in [5.74, 6) is -0.459. The standard InChI is InChI=1S/C19H24FN3O2/c20-13-8-9-16-17(11-13)21-19(25)23(18(16)24)12-15-7-4-10-22(15)14-5-2-1-3-6-14/h8-9,11,14-15H,1-7,10,12H2,(H,21,25). The first-order valence-electron chi connectivity index (χ1n) is 9.31. The summed E-state index contributed by atoms with van der Waals surface area (Å²) in [5, 5.41) is 0.364. The molecule has 4 rings (SSSR count). The second-order valence-corrected chi connectivity index (χ2v) is 7.36. The number of likely N-dealkylation sites (tertiary alicyclic amines) is 1. The van der Waals surface area contributed by atoms with Crippen molar-refractivity contribution in [1.82, 2.24) is 14.5 Å². The molecule has 5 nitrogen and oxygen atoms in total. The normalized spacial score (nSPS) is 22.7. The smallest absolute Gasteiger partial charge is 0.307 e. The van der Waals surface area contributed by atoms with Gasteiger partial charge in [0, 0.05) is 18.6 Å². The van der Waals surface area contributed by atoms with Crippen molar-refractivity contribution in [2.24, 2.45) is 0 Å². The van der Waals surface area contributed by atoms with Crippen LogP contribution in [-0.4, -0.2) is 33.1 Å². The highest BCUT2D eigenvalue weighted by molar-refractivity contribution is 5.77. The lowest BCUT2D eigenvalue weighted by atomic mass is 9.94. The minimum absolute atomic E-state index is 0.236. The first-order chi connectivity index (χ1) is 12.1. The molecule has 0 radical (unpaired) electrons. The molecule has 2 aliphatic rings. The lowest BCUT2D eigenvalue weighted by Gasteiger charge is -2.35. The number of aromatic amines is 1. The topological polar surface area (TPSA) is 58.1 Å². The third-order valence-electron chi connectivity index (χ3n) is 5.80. The van der Waals surface area contributed by atoms with Gasteiger partial charge in [-0.1, -0.05) is 19.3 Å². The van der Waals surface area contributed by atoms with E-state index in [4.69, 9.17) is 0 Å². The Morgan fingerprint density at radius 3 is 2.68 bits per heavy atom. The predicted molar refractivity (Wildman–Crippen MR) is 95.4 cm³/mol. The molecule has 1 saturated carbocycles. The maximum Gasteiger partial charge on any atom is 0.328 e. The monoisotopic (exact) mass is 345 g/mol. The van der Waals surface area contributed by atoms with Crippen LogP contribution in [0.2, 0.25) is 0 Å². The summed E-state index contributed by atoms with van der Waals surface area (Å²) >= 11 is 0. The largest absolute Gasteiger partial charge is 0.328 e. The van der Waals surface area contributed by atoms with E-state index in [1.807, 2.05) is 0 Å². The van der Waals surface area contributed by atoms with Crippen LogP contribution in [0.1, 0.15) is 44.9 Å². The summed E-state index contributed by atoms with van der Waals surface area (Å²) in [7, 11) is 0. The maximum atomic E-state index is 13.3. The van der Waals surface area contributed by atoms with Gasteiger partial charge in [-0.05, 0) is 50.4 Å². The maximum absolute atomic E-state index is 13.3. The second-order valence-electron chi connectivity index (χ2n) is 7.36. The number of nitrogens with zero attached hydrogens (tertiary/aromatic N) is 2. The SMILES string of the molecule is O=c1[nH]c2cc(F)ccc2c(=O)n1CC1CCCN1C1CCCCC1. The molecule has 1 atom stereocenters. The van der Waals surface area contributed by atoms with Crippen LogP contribution < -0.4 is 11.2 Å². The Kier molecular flexibility index (Phi) is 4.46. The van der Waals surface area contributed by atoms with E-state index in [1.54, 1.807) is 0 Å². The average molecular weight is 345 g/mol. The van der Waals surface area contributed by atoms with E-state index in [0.29, 0.717) is 18.0 Å². The Morgan fingerprint density at radius 2 is 1.88 bits per heavy atom. The molecule has 25 heavy (non-hydrogen) atoms. The molecule has 6 heteroatoms. The van der Waals surface area contributed by atoms with Crippen LogP contribution in [0, 0.1) is 5.82 Å². The quantitative estimate of drug-likeness (QED) is 0.930. The molecule has 1 aliphatic heterocycles. The van der Waals surface area contributed by atoms with Crippen molar-refractivity contribution >= 4 is 10.9 Å². The Labute approximate surface area is 145 Å². The minimum Gasteiger partial charge on any atom is -0.307 e. The van der Waals surface area contributed by atoms with Gasteiger partial charge in [0.05, 0.1) is 10.9 Å². The molecule has 1 aromatic heterocycles. The zero-order valence-corrected chi connectivity index (χ0v) is 14.3. The van der Waals surface area contributed by atoms with Gasteiger partial charge in [0.25, 0.3) is 5.56 Å². The highest BCUT2D eigenvalue weighted by atomic mass is 19.1. The molecule has 1 unspecified atom stereocenters. The molecule has 1 N–H and O–H groups in total. The molecule has 1 aromatic carbocycles. The fraction of sp³-hybridized carbons (Fsp3) is 0.579. The van der Waals surface area contributed by atoms with Crippen molar-refractivity contribution in [1.29, 1.82) is 0 Å². The van der Waals surface area contributed by atoms with Crippen molar-refractivity contribution in [3.05, 3.63) is 44.9 Å². The number of H-pyrrole nitrogens is 1. The van der Waals surface area contributed by atoms with Crippen LogP contribution >= 0.6 is 0 Å². The van der Waals surface area contributed by atoms with E-state index in [9.17, 15) is 14.0 Å². The molecule has 2 aromatic rings. The van der Waals surface area contributed by atoms with E-state index >= 15 is 0 Å². The van der Waals surface area contributed by atoms with E-state index in [0.717, 1.165) is 19.4 Å². The molecule has 0 bridgehead atoms. The van der Waals surface area contributed by atoms with Gasteiger partial charge in [-0.15, -0.1) is 0 Å². The third-order valence-corrected chi connectivity index (χ3v) is 5.80. The van der Waals surface area contributed by atoms with Crippen LogP contribution in [0.15, 0.2) is 27.8 Å². The number of fused-ring (bicyclic) bond motifs is 1. The zero-order valence-electron chi connectivity index (χ0n) is 14.3. The van der Waals surface area contributed by atoms with Crippen LogP contribution in [0.25, 0.3) is 10.9 Å². The summed E-state index contributed by atoms with van der Waals surface area (Å²) < 4.78 is 14.6. The first-order valence-corrected chi connectivity index (χ1v) is 9.31. The van der Waals surface area contributed by atoms with E-state index in [1.165, 1.54) is 54.9 Å². The molecule has 0 spiro atoms. The summed E-state index contributed by atoms with van der Waals surface area (Å²) in [5.41, 5.74) is -0.505. The Bertz CT molecular complexity index is 882. The molecule has 1 saturated heterocycles. The molecule has 2 fully saturated rings. The van der Waals surface area contributed by atoms with Crippen molar-refractivity contribution in [2.45, 2.75) is 63.6 Å². The van der Waals surface area contributed by atoms with Crippen molar-refractivity contribution in [3.63, 3.8) is 0 Å². The Hall–Kier alpha value is -1.95. The number of benzene rings is 1. The van der Waals surface area contributed by atoms with Crippen LogP contribution in [0.3, 0.4) is 0 Å². The summed E-state index contributed by atoms with van der Waals surface area (Å²) in [4.78, 5) is 30.3. The number of rotatable bonds is 3. The summed E-state index contributed by atoms with van der Waals surface area (Å²) in [6.07, 6.45) is 8.44. The molecule has 134 valence electrons. The van der Waals surface area contributed by atoms with Crippen molar-refractivity contribution in [3.8, 4) is 0 Å². The van der Waals surface area contributed by atoms with Gasteiger partial charge < -0.3 is 4.98 Å². The first kappa shape index (κ1) is 16.5. The van der Waals surface area contributed by atoms with Crippen LogP contribution in [0.4, 0.5) is 4.39 Å². The van der Waals surface area contributed by atoms with Crippen LogP contribution in [-0.2, 0) is 6.54 Å². The van der Waals surface area contributed by atoms with Gasteiger partial charge in [-0.25, -0.2) is 9.18 Å². The summed E-state index contributed by atoms with van der Waals surface area (Å²) in [6.45, 7) is 1.47. The highest BCUT2D eigenvalue weighted by Gasteiger charge is 2.32. The molecular formula is C19H24FN3O2. The summed E-state index contributed by atoms with van der Waals surface area (Å²) in [6, 6.07) is 4.74. The molecule has 0 amide bonds. The van der Waals surface area contributed by atoms with Gasteiger partial charge in [-0.3, -0.25) is 14.3 Å². The molecule has 1 aliphatic carbocycles. The van der Waals surface area contributed by atoms with Crippen LogP contribution in [0.5, 0.6) is 0 Å². The van der Waals surface area contributed by atoms with Gasteiger partial charge in [0.1, 0.15) is 5.82 Å². The predicted octanol–water partition coefficient (Wildman–Crippen LogP) is 2.63. The fourth-order valence-corrected chi connectivity index (χ4v) is 4.55. The van der Waals surface area contributed by atoms with E-state index < -0.39 is 11.5 Å². The van der Waals surface area contributed by atoms with Gasteiger partial charge in [0.15, 0.2) is 0 Å². The number of hydrogen-bond donors (Lipinski definition) is 1. The lowest BCUT2D eigenvalue weighted by Crippen LogP contribution is -2.46. The minimum atomic E-state index is -0.459. The Morgan fingerprint density at radius 1 is 1.08 bits per heavy atom. The highest BCUT2D eigenvalue weighted by Crippen LogP contribution is 2.29. The lowest BCUT2D eigenvalue weighted by molar-refractivity contribution is 0.130. The number of halogens is 1. The van der Waals surface area contributed by atoms with Crippen molar-refractivity contribution in [2.75, 3.05) is 6.54 Å². The zero-order chi connectivity index (χ0) is 17.4. The van der Waals surface area contributed by atoms with Gasteiger partial charge in [0.2, 0.25) is 0 Å². The molecular weight excluding hydrogens is 321 g/mol. The van der Waals surface area contributed by atoms with E-state index in [-0.39, 0.29) is 17.1 Å².